The molecular weight excluding hydrogens is 624 g/mol. The van der Waals surface area contributed by atoms with Crippen LogP contribution in [0, 0.1) is 0 Å². The summed E-state index contributed by atoms with van der Waals surface area (Å²) < 4.78 is -0.496. The van der Waals surface area contributed by atoms with Crippen LogP contribution in [-0.2, 0) is 0 Å². The summed E-state index contributed by atoms with van der Waals surface area (Å²) in [6.45, 7) is 0. The predicted octanol–water partition coefficient (Wildman–Crippen LogP) is 7.02. The summed E-state index contributed by atoms with van der Waals surface area (Å²) >= 11 is 22.9. The van der Waals surface area contributed by atoms with E-state index in [1.807, 2.05) is 6.07 Å². The lowest BCUT2D eigenvalue weighted by Gasteiger charge is -2.49. The molecule has 0 radical (unpaired) electrons. The third-order valence-corrected chi connectivity index (χ3v) is 7.04. The van der Waals surface area contributed by atoms with Gasteiger partial charge in [0.05, 0.1) is 9.70 Å². The van der Waals surface area contributed by atoms with Crippen molar-refractivity contribution < 1.29 is 0 Å². The van der Waals surface area contributed by atoms with Crippen LogP contribution in [0.2, 0.25) is 0 Å². The molecule has 2 rings (SSSR count). The van der Waals surface area contributed by atoms with E-state index >= 15 is 0 Å². The molecule has 6 heteroatoms. The zero-order valence-electron chi connectivity index (χ0n) is 9.15. The van der Waals surface area contributed by atoms with E-state index < -0.39 is 0 Å². The van der Waals surface area contributed by atoms with E-state index in [1.165, 1.54) is 5.56 Å². The van der Waals surface area contributed by atoms with Crippen LogP contribution in [0.15, 0.2) is 30.3 Å². The molecule has 0 unspecified atom stereocenters. The van der Waals surface area contributed by atoms with Crippen molar-refractivity contribution in [3.8, 4) is 0 Å². The third kappa shape index (κ3) is 3.65. The Labute approximate surface area is 158 Å². The van der Waals surface area contributed by atoms with Crippen LogP contribution >= 0.6 is 95.6 Å². The Morgan fingerprint density at radius 1 is 0.778 bits per heavy atom. The molecular formula is C12H10Br6. The first-order valence-electron chi connectivity index (χ1n) is 5.32. The lowest BCUT2D eigenvalue weighted by Crippen LogP contribution is -2.47. The molecule has 1 aliphatic rings. The van der Waals surface area contributed by atoms with Crippen molar-refractivity contribution in [1.82, 2.24) is 0 Å². The average Bonchev–Trinajstić information content (AvgIpc) is 2.12. The Hall–Kier alpha value is 2.10. The molecule has 18 heavy (non-hydrogen) atoms. The minimum absolute atomic E-state index is 0.106. The van der Waals surface area contributed by atoms with Gasteiger partial charge in [-0.05, 0) is 18.4 Å². The quantitative estimate of drug-likeness (QED) is 0.292. The van der Waals surface area contributed by atoms with E-state index in [0.717, 1.165) is 12.8 Å². The Morgan fingerprint density at radius 2 is 1.22 bits per heavy atom. The van der Waals surface area contributed by atoms with Crippen molar-refractivity contribution >= 4 is 95.6 Å². The van der Waals surface area contributed by atoms with Crippen LogP contribution in [0.25, 0.3) is 0 Å². The summed E-state index contributed by atoms with van der Waals surface area (Å²) in [6, 6.07) is 10.5. The first-order valence-corrected chi connectivity index (χ1v) is 10.1. The van der Waals surface area contributed by atoms with Crippen molar-refractivity contribution in [3.63, 3.8) is 0 Å². The Morgan fingerprint density at radius 3 is 1.67 bits per heavy atom. The summed E-state index contributed by atoms with van der Waals surface area (Å²) in [5.74, 6) is 0.259. The largest absolute Gasteiger partial charge is 0.0916 e. The number of hydrogen-bond donors (Lipinski definition) is 0. The first kappa shape index (κ1) is 16.5. The van der Waals surface area contributed by atoms with Gasteiger partial charge in [0.1, 0.15) is 0 Å². The van der Waals surface area contributed by atoms with E-state index in [-0.39, 0.29) is 15.6 Å². The van der Waals surface area contributed by atoms with E-state index in [2.05, 4.69) is 120 Å². The van der Waals surface area contributed by atoms with Gasteiger partial charge in [-0.15, -0.1) is 0 Å². The second kappa shape index (κ2) is 5.71. The summed E-state index contributed by atoms with van der Waals surface area (Å²) in [6.07, 6.45) is 1.83. The standard InChI is InChI=1S/C12H10Br6/c13-10(14)6-11(15,16)9(12(17,18)7-10)8-4-2-1-3-5-8/h1-5,9H,6-7H2. The number of hydrogen-bond acceptors (Lipinski definition) is 0. The van der Waals surface area contributed by atoms with Crippen LogP contribution in [0.1, 0.15) is 24.3 Å². The second-order valence-electron chi connectivity index (χ2n) is 4.58. The van der Waals surface area contributed by atoms with E-state index in [0.29, 0.717) is 0 Å². The van der Waals surface area contributed by atoms with Gasteiger partial charge in [0.2, 0.25) is 0 Å². The SMILES string of the molecule is BrC1(Br)CC(Br)(Br)C(c2ccccc2)C(Br)(Br)C1. The maximum absolute atomic E-state index is 3.84. The zero-order valence-corrected chi connectivity index (χ0v) is 18.7. The van der Waals surface area contributed by atoms with Crippen LogP contribution in [-0.4, -0.2) is 9.70 Å². The van der Waals surface area contributed by atoms with Gasteiger partial charge in [-0.3, -0.25) is 0 Å². The van der Waals surface area contributed by atoms with Crippen molar-refractivity contribution in [3.05, 3.63) is 35.9 Å². The van der Waals surface area contributed by atoms with Crippen LogP contribution in [0.5, 0.6) is 0 Å². The van der Waals surface area contributed by atoms with Gasteiger partial charge in [0.25, 0.3) is 0 Å². The molecule has 0 nitrogen and oxygen atoms in total. The van der Waals surface area contributed by atoms with Gasteiger partial charge < -0.3 is 0 Å². The highest BCUT2D eigenvalue weighted by Gasteiger charge is 2.57. The molecule has 0 N–H and O–H groups in total. The van der Waals surface area contributed by atoms with Crippen LogP contribution in [0.4, 0.5) is 0 Å². The monoisotopic (exact) mass is 628 g/mol. The molecule has 0 bridgehead atoms. The maximum Gasteiger partial charge on any atom is 0.0916 e. The van der Waals surface area contributed by atoms with Crippen molar-refractivity contribution in [1.29, 1.82) is 0 Å². The molecule has 1 aromatic carbocycles. The van der Waals surface area contributed by atoms with E-state index in [9.17, 15) is 0 Å². The summed E-state index contributed by atoms with van der Waals surface area (Å²) in [4.78, 5) is 0. The molecule has 1 saturated carbocycles. The molecule has 0 atom stereocenters. The summed E-state index contributed by atoms with van der Waals surface area (Å²) in [5, 5.41) is 0. The Kier molecular flexibility index (Phi) is 5.23. The molecule has 1 fully saturated rings. The molecule has 0 amide bonds. The van der Waals surface area contributed by atoms with E-state index in [1.54, 1.807) is 0 Å². The van der Waals surface area contributed by atoms with Crippen molar-refractivity contribution in [2.24, 2.45) is 0 Å². The molecule has 100 valence electrons. The van der Waals surface area contributed by atoms with Gasteiger partial charge in [-0.25, -0.2) is 0 Å². The van der Waals surface area contributed by atoms with Gasteiger partial charge >= 0.3 is 0 Å². The summed E-state index contributed by atoms with van der Waals surface area (Å²) in [7, 11) is 0. The molecule has 1 aromatic rings. The lowest BCUT2D eigenvalue weighted by atomic mass is 9.83. The number of alkyl halides is 6. The highest BCUT2D eigenvalue weighted by Crippen LogP contribution is 2.66. The fraction of sp³-hybridized carbons (Fsp3) is 0.500. The minimum Gasteiger partial charge on any atom is -0.0726 e. The minimum atomic E-state index is -0.195. The van der Waals surface area contributed by atoms with Crippen LogP contribution in [0.3, 0.4) is 0 Å². The Balaban J connectivity index is 2.45. The molecule has 0 saturated heterocycles. The average molecular weight is 634 g/mol. The highest BCUT2D eigenvalue weighted by atomic mass is 79.9. The molecule has 1 aliphatic carbocycles. The number of halogens is 6. The van der Waals surface area contributed by atoms with Gasteiger partial charge in [0.15, 0.2) is 0 Å². The van der Waals surface area contributed by atoms with Crippen molar-refractivity contribution in [2.45, 2.75) is 28.5 Å². The summed E-state index contributed by atoms with van der Waals surface area (Å²) in [5.41, 5.74) is 1.29. The molecule has 0 aliphatic heterocycles. The lowest BCUT2D eigenvalue weighted by molar-refractivity contribution is 0.440. The zero-order chi connectivity index (χ0) is 13.6. The topological polar surface area (TPSA) is 0 Å². The number of benzene rings is 1. The number of rotatable bonds is 1. The fourth-order valence-corrected chi connectivity index (χ4v) is 12.9. The van der Waals surface area contributed by atoms with Crippen LogP contribution < -0.4 is 0 Å². The molecule has 0 aromatic heterocycles. The molecule has 0 spiro atoms. The highest BCUT2D eigenvalue weighted by molar-refractivity contribution is 9.27. The van der Waals surface area contributed by atoms with E-state index in [4.69, 9.17) is 0 Å². The van der Waals surface area contributed by atoms with Gasteiger partial charge in [-0.2, -0.15) is 0 Å². The smallest absolute Gasteiger partial charge is 0.0726 e. The third-order valence-electron chi connectivity index (χ3n) is 2.97. The maximum atomic E-state index is 3.84. The normalized spacial score (nSPS) is 25.9. The van der Waals surface area contributed by atoms with Crippen molar-refractivity contribution in [2.75, 3.05) is 0 Å². The Bertz CT molecular complexity index is 405. The second-order valence-corrected chi connectivity index (χ2v) is 16.5. The fourth-order valence-electron chi connectivity index (χ4n) is 2.40. The first-order chi connectivity index (χ1) is 8.14. The van der Waals surface area contributed by atoms with Gasteiger partial charge in [0, 0.05) is 5.92 Å². The molecule has 0 heterocycles. The van der Waals surface area contributed by atoms with Gasteiger partial charge in [-0.1, -0.05) is 126 Å². The predicted molar refractivity (Wildman–Crippen MR) is 100 cm³/mol.